The van der Waals surface area contributed by atoms with Crippen molar-refractivity contribution in [2.75, 3.05) is 54.0 Å². The van der Waals surface area contributed by atoms with Crippen LogP contribution in [0.2, 0.25) is 0 Å². The molecule has 3 heterocycles. The predicted molar refractivity (Wildman–Crippen MR) is 104 cm³/mol. The lowest BCUT2D eigenvalue weighted by molar-refractivity contribution is 0.566. The summed E-state index contributed by atoms with van der Waals surface area (Å²) in [6.45, 7) is 4.80. The van der Waals surface area contributed by atoms with Gasteiger partial charge in [0, 0.05) is 45.5 Å². The van der Waals surface area contributed by atoms with E-state index in [1.807, 2.05) is 17.2 Å². The topological polar surface area (TPSA) is 59.3 Å². The molecule has 0 unspecified atom stereocenters. The van der Waals surface area contributed by atoms with E-state index in [-0.39, 0.29) is 5.82 Å². The molecule has 0 spiro atoms. The van der Waals surface area contributed by atoms with Crippen molar-refractivity contribution < 1.29 is 4.39 Å². The average molecular weight is 366 g/mol. The summed E-state index contributed by atoms with van der Waals surface area (Å²) >= 11 is 0. The Morgan fingerprint density at radius 2 is 1.63 bits per heavy atom. The largest absolute Gasteiger partial charge is 0.365 e. The molecule has 0 radical (unpaired) electrons. The first-order valence-electron chi connectivity index (χ1n) is 9.53. The van der Waals surface area contributed by atoms with Gasteiger partial charge in [0.15, 0.2) is 0 Å². The number of piperazine rings is 1. The van der Waals surface area contributed by atoms with E-state index >= 15 is 0 Å². The van der Waals surface area contributed by atoms with E-state index in [0.717, 1.165) is 37.9 Å². The molecule has 2 aliphatic heterocycles. The summed E-state index contributed by atoms with van der Waals surface area (Å²) in [7, 11) is 0. The number of hydrogen-bond acceptors (Lipinski definition) is 6. The van der Waals surface area contributed by atoms with Crippen molar-refractivity contribution in [1.29, 1.82) is 5.26 Å². The summed E-state index contributed by atoms with van der Waals surface area (Å²) in [6, 6.07) is 8.70. The lowest BCUT2D eigenvalue weighted by Gasteiger charge is -2.37. The second-order valence-corrected chi connectivity index (χ2v) is 6.98. The number of hydrogen-bond donors (Lipinski definition) is 0. The minimum absolute atomic E-state index is 0.336. The first-order chi connectivity index (χ1) is 13.3. The van der Waals surface area contributed by atoms with Gasteiger partial charge >= 0.3 is 0 Å². The fraction of sp³-hybridized carbons (Fsp3) is 0.450. The van der Waals surface area contributed by atoms with Gasteiger partial charge in [-0.25, -0.2) is 9.37 Å². The fourth-order valence-corrected chi connectivity index (χ4v) is 3.85. The molecule has 2 aromatic rings. The van der Waals surface area contributed by atoms with Crippen molar-refractivity contribution in [2.45, 2.75) is 19.3 Å². The predicted octanol–water partition coefficient (Wildman–Crippen LogP) is 2.80. The third kappa shape index (κ3) is 3.65. The highest BCUT2D eigenvalue weighted by atomic mass is 19.1. The molecule has 2 saturated heterocycles. The highest BCUT2D eigenvalue weighted by Gasteiger charge is 2.23. The van der Waals surface area contributed by atoms with Crippen molar-refractivity contribution in [1.82, 2.24) is 9.97 Å². The second-order valence-electron chi connectivity index (χ2n) is 6.98. The number of rotatable bonds is 3. The van der Waals surface area contributed by atoms with Crippen LogP contribution in [-0.2, 0) is 0 Å². The lowest BCUT2D eigenvalue weighted by Crippen LogP contribution is -2.47. The van der Waals surface area contributed by atoms with Gasteiger partial charge in [0.25, 0.3) is 0 Å². The normalized spacial score (nSPS) is 17.7. The van der Waals surface area contributed by atoms with Gasteiger partial charge in [-0.3, -0.25) is 0 Å². The van der Waals surface area contributed by atoms with Gasteiger partial charge in [-0.1, -0.05) is 6.07 Å². The Labute approximate surface area is 158 Å². The molecule has 6 nitrogen and oxygen atoms in total. The fourth-order valence-electron chi connectivity index (χ4n) is 3.85. The second kappa shape index (κ2) is 7.78. The van der Waals surface area contributed by atoms with Gasteiger partial charge in [0.1, 0.15) is 17.7 Å². The summed E-state index contributed by atoms with van der Waals surface area (Å²) in [4.78, 5) is 15.6. The molecule has 27 heavy (non-hydrogen) atoms. The molecule has 0 atom stereocenters. The van der Waals surface area contributed by atoms with Crippen LogP contribution in [0.15, 0.2) is 30.5 Å². The summed E-state index contributed by atoms with van der Waals surface area (Å²) in [5, 5.41) is 9.28. The molecular weight excluding hydrogens is 343 g/mol. The molecular formula is C20H23FN6. The van der Waals surface area contributed by atoms with E-state index in [1.54, 1.807) is 12.1 Å². The highest BCUT2D eigenvalue weighted by molar-refractivity contribution is 5.61. The molecule has 140 valence electrons. The van der Waals surface area contributed by atoms with Crippen LogP contribution < -0.4 is 14.7 Å². The smallest absolute Gasteiger partial charge is 0.227 e. The Balaban J connectivity index is 1.46. The molecule has 7 heteroatoms. The zero-order valence-corrected chi connectivity index (χ0v) is 15.3. The number of anilines is 3. The average Bonchev–Trinajstić information content (AvgIpc) is 2.74. The Morgan fingerprint density at radius 3 is 2.37 bits per heavy atom. The third-order valence-electron chi connectivity index (χ3n) is 5.29. The number of benzene rings is 1. The van der Waals surface area contributed by atoms with Crippen LogP contribution in [0, 0.1) is 17.1 Å². The van der Waals surface area contributed by atoms with Gasteiger partial charge in [-0.15, -0.1) is 0 Å². The number of piperidine rings is 1. The van der Waals surface area contributed by atoms with Crippen LogP contribution >= 0.6 is 0 Å². The molecule has 1 aromatic carbocycles. The highest BCUT2D eigenvalue weighted by Crippen LogP contribution is 2.26. The van der Waals surface area contributed by atoms with Crippen molar-refractivity contribution in [3.05, 3.63) is 41.8 Å². The monoisotopic (exact) mass is 366 g/mol. The summed E-state index contributed by atoms with van der Waals surface area (Å²) in [6.07, 6.45) is 5.48. The van der Waals surface area contributed by atoms with Gasteiger partial charge in [-0.05, 0) is 37.5 Å². The zero-order valence-electron chi connectivity index (χ0n) is 15.3. The Morgan fingerprint density at radius 1 is 0.889 bits per heavy atom. The van der Waals surface area contributed by atoms with Crippen LogP contribution in [0.25, 0.3) is 0 Å². The van der Waals surface area contributed by atoms with Crippen LogP contribution in [0.4, 0.5) is 21.8 Å². The number of halogens is 1. The van der Waals surface area contributed by atoms with Gasteiger partial charge in [0.05, 0.1) is 11.3 Å². The molecule has 1 aromatic heterocycles. The van der Waals surface area contributed by atoms with E-state index in [9.17, 15) is 9.65 Å². The molecule has 4 rings (SSSR count). The van der Waals surface area contributed by atoms with Gasteiger partial charge < -0.3 is 14.7 Å². The standard InChI is InChI=1S/C20H23FN6/c21-17-6-4-5-16(15-22)19(17)26-13-11-25(12-14-26)18-7-8-23-20(24-18)27-9-2-1-3-10-27/h4-8H,1-3,9-14H2. The Kier molecular flexibility index (Phi) is 5.05. The minimum Gasteiger partial charge on any atom is -0.365 e. The third-order valence-corrected chi connectivity index (χ3v) is 5.29. The summed E-state index contributed by atoms with van der Waals surface area (Å²) in [5.74, 6) is 1.38. The molecule has 2 fully saturated rings. The van der Waals surface area contributed by atoms with Crippen molar-refractivity contribution in [3.63, 3.8) is 0 Å². The van der Waals surface area contributed by atoms with Gasteiger partial charge in [0.2, 0.25) is 5.95 Å². The van der Waals surface area contributed by atoms with Crippen LogP contribution in [0.3, 0.4) is 0 Å². The zero-order chi connectivity index (χ0) is 18.6. The minimum atomic E-state index is -0.336. The van der Waals surface area contributed by atoms with E-state index in [1.165, 1.54) is 25.3 Å². The van der Waals surface area contributed by atoms with Crippen molar-refractivity contribution in [3.8, 4) is 6.07 Å². The Hall–Kier alpha value is -2.88. The van der Waals surface area contributed by atoms with Gasteiger partial charge in [-0.2, -0.15) is 10.2 Å². The molecule has 0 N–H and O–H groups in total. The molecule has 0 saturated carbocycles. The molecule has 0 bridgehead atoms. The number of aromatic nitrogens is 2. The number of para-hydroxylation sites is 1. The van der Waals surface area contributed by atoms with Crippen LogP contribution in [0.1, 0.15) is 24.8 Å². The summed E-state index contributed by atoms with van der Waals surface area (Å²) < 4.78 is 14.3. The number of nitriles is 1. The molecule has 2 aliphatic rings. The molecule has 0 aliphatic carbocycles. The van der Waals surface area contributed by atoms with Crippen LogP contribution in [0.5, 0.6) is 0 Å². The van der Waals surface area contributed by atoms with E-state index in [0.29, 0.717) is 24.3 Å². The number of nitrogens with zero attached hydrogens (tertiary/aromatic N) is 6. The van der Waals surface area contributed by atoms with E-state index < -0.39 is 0 Å². The van der Waals surface area contributed by atoms with E-state index in [2.05, 4.69) is 20.9 Å². The SMILES string of the molecule is N#Cc1cccc(F)c1N1CCN(c2ccnc(N3CCCCC3)n2)CC1. The van der Waals surface area contributed by atoms with Crippen LogP contribution in [-0.4, -0.2) is 49.2 Å². The first-order valence-corrected chi connectivity index (χ1v) is 9.53. The van der Waals surface area contributed by atoms with E-state index in [4.69, 9.17) is 4.98 Å². The lowest BCUT2D eigenvalue weighted by atomic mass is 10.1. The maximum atomic E-state index is 14.3. The molecule has 0 amide bonds. The first kappa shape index (κ1) is 17.5. The van der Waals surface area contributed by atoms with Crippen molar-refractivity contribution in [2.24, 2.45) is 0 Å². The maximum absolute atomic E-state index is 14.3. The Bertz CT molecular complexity index is 835. The van der Waals surface area contributed by atoms with Crippen molar-refractivity contribution >= 4 is 17.5 Å². The summed E-state index contributed by atoms with van der Waals surface area (Å²) in [5.41, 5.74) is 0.800. The maximum Gasteiger partial charge on any atom is 0.227 e. The quantitative estimate of drug-likeness (QED) is 0.833.